The molecule has 1 aliphatic heterocycles. The van der Waals surface area contributed by atoms with E-state index in [1.807, 2.05) is 29.2 Å². The van der Waals surface area contributed by atoms with Crippen molar-refractivity contribution < 1.29 is 9.21 Å². The molecule has 6 nitrogen and oxygen atoms in total. The van der Waals surface area contributed by atoms with E-state index in [9.17, 15) is 4.79 Å². The zero-order valence-electron chi connectivity index (χ0n) is 10.7. The Hall–Kier alpha value is -2.63. The van der Waals surface area contributed by atoms with E-state index in [1.165, 1.54) is 6.33 Å². The number of hydrogen-bond donors (Lipinski definition) is 1. The Bertz CT molecular complexity index is 811. The molecule has 1 saturated heterocycles. The summed E-state index contributed by atoms with van der Waals surface area (Å²) in [6, 6.07) is 7.75. The number of carbonyl (C=O) groups is 1. The van der Waals surface area contributed by atoms with Gasteiger partial charge in [-0.2, -0.15) is 0 Å². The summed E-state index contributed by atoms with van der Waals surface area (Å²) in [6.45, 7) is 1.63. The van der Waals surface area contributed by atoms with Crippen LogP contribution < -0.4 is 10.2 Å². The fraction of sp³-hybridized carbons (Fsp3) is 0.214. The minimum Gasteiger partial charge on any atom is -0.450 e. The summed E-state index contributed by atoms with van der Waals surface area (Å²) in [6.07, 6.45) is 1.52. The number of hydrogen-bond acceptors (Lipinski definition) is 5. The number of nitrogens with one attached hydrogen (secondary N) is 1. The highest BCUT2D eigenvalue weighted by Crippen LogP contribution is 2.32. The van der Waals surface area contributed by atoms with Gasteiger partial charge in [0.15, 0.2) is 11.4 Å². The number of para-hydroxylation sites is 1. The van der Waals surface area contributed by atoms with Crippen molar-refractivity contribution in [2.45, 2.75) is 0 Å². The molecular weight excluding hydrogens is 256 g/mol. The van der Waals surface area contributed by atoms with Gasteiger partial charge >= 0.3 is 0 Å². The second-order valence-corrected chi connectivity index (χ2v) is 4.74. The van der Waals surface area contributed by atoms with Crippen LogP contribution in [0.2, 0.25) is 0 Å². The zero-order chi connectivity index (χ0) is 13.5. The van der Waals surface area contributed by atoms with Gasteiger partial charge in [-0.1, -0.05) is 12.1 Å². The van der Waals surface area contributed by atoms with Gasteiger partial charge in [0.2, 0.25) is 5.91 Å². The number of nitrogens with zero attached hydrogens (tertiary/aromatic N) is 3. The average molecular weight is 268 g/mol. The lowest BCUT2D eigenvalue weighted by Gasteiger charge is -2.27. The van der Waals surface area contributed by atoms with Crippen molar-refractivity contribution in [3.63, 3.8) is 0 Å². The number of rotatable bonds is 1. The highest BCUT2D eigenvalue weighted by molar-refractivity contribution is 6.05. The van der Waals surface area contributed by atoms with Crippen molar-refractivity contribution in [3.05, 3.63) is 30.6 Å². The molecule has 3 aromatic rings. The maximum atomic E-state index is 11.5. The molecule has 3 heterocycles. The molecule has 6 heteroatoms. The molecule has 0 radical (unpaired) electrons. The largest absolute Gasteiger partial charge is 0.450 e. The molecule has 1 aromatic carbocycles. The van der Waals surface area contributed by atoms with Crippen molar-refractivity contribution in [3.8, 4) is 0 Å². The molecule has 1 N–H and O–H groups in total. The smallest absolute Gasteiger partial charge is 0.239 e. The molecule has 1 fully saturated rings. The van der Waals surface area contributed by atoms with E-state index in [0.717, 1.165) is 23.0 Å². The molecule has 0 unspecified atom stereocenters. The SMILES string of the molecule is O=C1CN(c2ncnc3c2oc2ccccc23)CCN1. The first-order valence-electron chi connectivity index (χ1n) is 6.47. The van der Waals surface area contributed by atoms with Crippen molar-refractivity contribution in [1.29, 1.82) is 0 Å². The Labute approximate surface area is 114 Å². The maximum absolute atomic E-state index is 11.5. The highest BCUT2D eigenvalue weighted by Gasteiger charge is 2.22. The predicted molar refractivity (Wildman–Crippen MR) is 74.5 cm³/mol. The Morgan fingerprint density at radius 2 is 2.15 bits per heavy atom. The molecule has 0 bridgehead atoms. The minimum atomic E-state index is -0.000812. The van der Waals surface area contributed by atoms with Gasteiger partial charge in [-0.15, -0.1) is 0 Å². The second kappa shape index (κ2) is 4.19. The van der Waals surface area contributed by atoms with Gasteiger partial charge in [-0.25, -0.2) is 9.97 Å². The van der Waals surface area contributed by atoms with Crippen molar-refractivity contribution >= 4 is 33.8 Å². The number of carbonyl (C=O) groups excluding carboxylic acids is 1. The van der Waals surface area contributed by atoms with Gasteiger partial charge in [-0.3, -0.25) is 4.79 Å². The van der Waals surface area contributed by atoms with Crippen molar-refractivity contribution in [2.75, 3.05) is 24.5 Å². The molecule has 0 spiro atoms. The average Bonchev–Trinajstić information content (AvgIpc) is 2.86. The predicted octanol–water partition coefficient (Wildman–Crippen LogP) is 1.31. The van der Waals surface area contributed by atoms with Crippen LogP contribution in [0.4, 0.5) is 5.82 Å². The summed E-state index contributed by atoms with van der Waals surface area (Å²) in [7, 11) is 0. The summed E-state index contributed by atoms with van der Waals surface area (Å²) >= 11 is 0. The fourth-order valence-corrected chi connectivity index (χ4v) is 2.56. The molecule has 0 saturated carbocycles. The Morgan fingerprint density at radius 1 is 1.25 bits per heavy atom. The standard InChI is InChI=1S/C14H12N4O2/c19-11-7-18(6-5-15-11)14-13-12(16-8-17-14)9-3-1-2-4-10(9)20-13/h1-4,8H,5-7H2,(H,15,19). The molecule has 20 heavy (non-hydrogen) atoms. The van der Waals surface area contributed by atoms with E-state index in [-0.39, 0.29) is 5.91 Å². The zero-order valence-corrected chi connectivity index (χ0v) is 10.7. The molecular formula is C14H12N4O2. The van der Waals surface area contributed by atoms with Crippen LogP contribution in [0.25, 0.3) is 22.1 Å². The van der Waals surface area contributed by atoms with Crippen LogP contribution in [0.15, 0.2) is 35.0 Å². The van der Waals surface area contributed by atoms with Crippen molar-refractivity contribution in [2.24, 2.45) is 0 Å². The van der Waals surface area contributed by atoms with Gasteiger partial charge < -0.3 is 14.6 Å². The second-order valence-electron chi connectivity index (χ2n) is 4.74. The first-order valence-corrected chi connectivity index (χ1v) is 6.47. The summed E-state index contributed by atoms with van der Waals surface area (Å²) in [4.78, 5) is 22.1. The summed E-state index contributed by atoms with van der Waals surface area (Å²) in [5.41, 5.74) is 2.21. The normalized spacial score (nSPS) is 15.8. The number of amides is 1. The van der Waals surface area contributed by atoms with E-state index in [4.69, 9.17) is 4.42 Å². The topological polar surface area (TPSA) is 71.3 Å². The number of benzene rings is 1. The van der Waals surface area contributed by atoms with Crippen LogP contribution in [0.1, 0.15) is 0 Å². The summed E-state index contributed by atoms with van der Waals surface area (Å²) < 4.78 is 5.87. The lowest BCUT2D eigenvalue weighted by Crippen LogP contribution is -2.48. The third-order valence-electron chi connectivity index (χ3n) is 3.48. The van der Waals surface area contributed by atoms with Crippen LogP contribution in [0.5, 0.6) is 0 Å². The quantitative estimate of drug-likeness (QED) is 0.720. The number of aromatic nitrogens is 2. The lowest BCUT2D eigenvalue weighted by molar-refractivity contribution is -0.120. The monoisotopic (exact) mass is 268 g/mol. The van der Waals surface area contributed by atoms with Gasteiger partial charge in [0.1, 0.15) is 17.4 Å². The van der Waals surface area contributed by atoms with E-state index in [0.29, 0.717) is 24.5 Å². The Kier molecular flexibility index (Phi) is 2.35. The van der Waals surface area contributed by atoms with E-state index in [2.05, 4.69) is 15.3 Å². The molecule has 0 atom stereocenters. The molecule has 0 aliphatic carbocycles. The highest BCUT2D eigenvalue weighted by atomic mass is 16.3. The Balaban J connectivity index is 1.93. The first-order chi connectivity index (χ1) is 9.83. The molecule has 1 aliphatic rings. The third kappa shape index (κ3) is 1.61. The number of anilines is 1. The summed E-state index contributed by atoms with van der Waals surface area (Å²) in [5.74, 6) is 0.681. The van der Waals surface area contributed by atoms with Crippen molar-refractivity contribution in [1.82, 2.24) is 15.3 Å². The van der Waals surface area contributed by atoms with E-state index < -0.39 is 0 Å². The van der Waals surface area contributed by atoms with Gasteiger partial charge in [-0.05, 0) is 12.1 Å². The molecule has 4 rings (SSSR count). The molecule has 1 amide bonds. The fourth-order valence-electron chi connectivity index (χ4n) is 2.56. The Morgan fingerprint density at radius 3 is 3.05 bits per heavy atom. The van der Waals surface area contributed by atoms with E-state index in [1.54, 1.807) is 0 Å². The number of fused-ring (bicyclic) bond motifs is 3. The molecule has 2 aromatic heterocycles. The van der Waals surface area contributed by atoms with E-state index >= 15 is 0 Å². The van der Waals surface area contributed by atoms with Crippen LogP contribution in [0, 0.1) is 0 Å². The minimum absolute atomic E-state index is 0.000812. The number of piperazine rings is 1. The van der Waals surface area contributed by atoms with Gasteiger partial charge in [0.05, 0.1) is 6.54 Å². The first kappa shape index (κ1) is 11.2. The number of furan rings is 1. The van der Waals surface area contributed by atoms with Crippen LogP contribution >= 0.6 is 0 Å². The summed E-state index contributed by atoms with van der Waals surface area (Å²) in [5, 5.41) is 3.77. The third-order valence-corrected chi connectivity index (χ3v) is 3.48. The van der Waals surface area contributed by atoms with Gasteiger partial charge in [0, 0.05) is 18.5 Å². The van der Waals surface area contributed by atoms with Crippen LogP contribution in [0.3, 0.4) is 0 Å². The maximum Gasteiger partial charge on any atom is 0.239 e. The lowest BCUT2D eigenvalue weighted by atomic mass is 10.2. The molecule has 100 valence electrons. The van der Waals surface area contributed by atoms with Crippen LogP contribution in [-0.4, -0.2) is 35.5 Å². The van der Waals surface area contributed by atoms with Gasteiger partial charge in [0.25, 0.3) is 0 Å². The van der Waals surface area contributed by atoms with Crippen LogP contribution in [-0.2, 0) is 4.79 Å².